The van der Waals surface area contributed by atoms with E-state index >= 15 is 0 Å². The van der Waals surface area contributed by atoms with Gasteiger partial charge in [0.25, 0.3) is 0 Å². The molecule has 0 spiro atoms. The number of carbonyl (C=O) groups is 1. The third-order valence-electron chi connectivity index (χ3n) is 3.80. The van der Waals surface area contributed by atoms with Crippen LogP contribution in [-0.4, -0.2) is 21.3 Å². The summed E-state index contributed by atoms with van der Waals surface area (Å²) >= 11 is 0. The van der Waals surface area contributed by atoms with E-state index < -0.39 is 0 Å². The first-order chi connectivity index (χ1) is 9.74. The summed E-state index contributed by atoms with van der Waals surface area (Å²) < 4.78 is 5.41. The quantitative estimate of drug-likeness (QED) is 0.708. The zero-order chi connectivity index (χ0) is 13.7. The number of benzene rings is 1. The van der Waals surface area contributed by atoms with Crippen LogP contribution in [0.3, 0.4) is 0 Å². The highest BCUT2D eigenvalue weighted by Crippen LogP contribution is 2.36. The van der Waals surface area contributed by atoms with Crippen molar-refractivity contribution in [3.63, 3.8) is 0 Å². The second-order valence-corrected chi connectivity index (χ2v) is 5.00. The van der Waals surface area contributed by atoms with Gasteiger partial charge in [0.1, 0.15) is 5.69 Å². The third kappa shape index (κ3) is 1.48. The molecule has 1 aliphatic rings. The van der Waals surface area contributed by atoms with Crippen molar-refractivity contribution in [2.75, 3.05) is 0 Å². The molecule has 2 N–H and O–H groups in total. The molecule has 1 fully saturated rings. The number of hydrogen-bond acceptors (Lipinski definition) is 4. The highest BCUT2D eigenvalue weighted by molar-refractivity contribution is 6.05. The molecule has 0 saturated carbocycles. The molecule has 1 amide bonds. The summed E-state index contributed by atoms with van der Waals surface area (Å²) in [6, 6.07) is 3.79. The Hall–Kier alpha value is -2.63. The average molecular weight is 268 g/mol. The maximum atomic E-state index is 11.4. The molecule has 1 aromatic carbocycles. The molecule has 100 valence electrons. The first-order valence-corrected chi connectivity index (χ1v) is 6.44. The number of aromatic nitrogens is 3. The number of allylic oxidation sites excluding steroid dienone is 1. The number of rotatable bonds is 1. The van der Waals surface area contributed by atoms with Crippen LogP contribution in [-0.2, 0) is 4.79 Å². The molecule has 2 aromatic heterocycles. The molecule has 1 unspecified atom stereocenters. The summed E-state index contributed by atoms with van der Waals surface area (Å²) in [6.45, 7) is 3.94. The smallest absolute Gasteiger partial charge is 0.224 e. The lowest BCUT2D eigenvalue weighted by atomic mass is 9.90. The van der Waals surface area contributed by atoms with Crippen molar-refractivity contribution in [3.8, 4) is 0 Å². The summed E-state index contributed by atoms with van der Waals surface area (Å²) in [5.74, 6) is -0.0121. The van der Waals surface area contributed by atoms with Gasteiger partial charge in [-0.2, -0.15) is 5.10 Å². The summed E-state index contributed by atoms with van der Waals surface area (Å²) in [7, 11) is 0. The van der Waals surface area contributed by atoms with Gasteiger partial charge in [-0.3, -0.25) is 9.89 Å². The number of carbonyl (C=O) groups excluding carboxylic acids is 1. The van der Waals surface area contributed by atoms with Crippen molar-refractivity contribution in [1.82, 2.24) is 20.7 Å². The molecule has 3 heterocycles. The number of nitrogens with zero attached hydrogens (tertiary/aromatic N) is 2. The minimum atomic E-state index is -0.0190. The van der Waals surface area contributed by atoms with E-state index in [4.69, 9.17) is 4.52 Å². The van der Waals surface area contributed by atoms with Crippen molar-refractivity contribution in [3.05, 3.63) is 36.3 Å². The molecule has 6 heteroatoms. The highest BCUT2D eigenvalue weighted by atomic mass is 16.5. The Morgan fingerprint density at radius 3 is 3.15 bits per heavy atom. The maximum absolute atomic E-state index is 11.4. The van der Waals surface area contributed by atoms with Crippen LogP contribution in [0.5, 0.6) is 0 Å². The zero-order valence-corrected chi connectivity index (χ0v) is 10.6. The monoisotopic (exact) mass is 268 g/mol. The lowest BCUT2D eigenvalue weighted by molar-refractivity contribution is -0.121. The van der Waals surface area contributed by atoms with E-state index in [2.05, 4.69) is 27.2 Å². The van der Waals surface area contributed by atoms with E-state index in [1.807, 2.05) is 12.1 Å². The molecular formula is C14H12N4O2. The lowest BCUT2D eigenvalue weighted by Crippen LogP contribution is -2.31. The molecule has 1 aliphatic heterocycles. The van der Waals surface area contributed by atoms with Gasteiger partial charge < -0.3 is 9.84 Å². The lowest BCUT2D eigenvalue weighted by Gasteiger charge is -2.23. The van der Waals surface area contributed by atoms with Crippen LogP contribution < -0.4 is 5.32 Å². The number of piperidine rings is 1. The van der Waals surface area contributed by atoms with Gasteiger partial charge in [0.15, 0.2) is 5.58 Å². The van der Waals surface area contributed by atoms with Crippen LogP contribution in [0.4, 0.5) is 0 Å². The van der Waals surface area contributed by atoms with Gasteiger partial charge in [-0.05, 0) is 18.6 Å². The summed E-state index contributed by atoms with van der Waals surface area (Å²) in [6.07, 6.45) is 2.93. The number of H-pyrrole nitrogens is 1. The van der Waals surface area contributed by atoms with Crippen molar-refractivity contribution in [2.45, 2.75) is 18.8 Å². The normalized spacial score (nSPS) is 19.7. The van der Waals surface area contributed by atoms with Crippen molar-refractivity contribution >= 4 is 27.8 Å². The molecule has 0 bridgehead atoms. The second-order valence-electron chi connectivity index (χ2n) is 5.00. The van der Waals surface area contributed by atoms with E-state index in [0.717, 1.165) is 27.6 Å². The molecule has 1 atom stereocenters. The minimum Gasteiger partial charge on any atom is -0.356 e. The minimum absolute atomic E-state index is 0.00695. The predicted octanol–water partition coefficient (Wildman–Crippen LogP) is 2.21. The standard InChI is InChI=1S/C14H12N4O2/c1-7-8(2-5-12(19)16-7)14-13-9-6-15-17-10(9)3-4-11(13)20-18-14/h3-4,6,8H,1-2,5H2,(H,15,17)(H,16,19). The summed E-state index contributed by atoms with van der Waals surface area (Å²) in [4.78, 5) is 11.4. The van der Waals surface area contributed by atoms with Gasteiger partial charge in [-0.25, -0.2) is 0 Å². The van der Waals surface area contributed by atoms with Crippen molar-refractivity contribution in [2.24, 2.45) is 0 Å². The topological polar surface area (TPSA) is 83.8 Å². The molecule has 4 rings (SSSR count). The predicted molar refractivity (Wildman–Crippen MR) is 72.9 cm³/mol. The first-order valence-electron chi connectivity index (χ1n) is 6.44. The van der Waals surface area contributed by atoms with E-state index in [1.54, 1.807) is 6.20 Å². The Bertz CT molecular complexity index is 845. The van der Waals surface area contributed by atoms with Crippen molar-refractivity contribution in [1.29, 1.82) is 0 Å². The van der Waals surface area contributed by atoms with Crippen LogP contribution in [0.1, 0.15) is 24.5 Å². The number of fused-ring (bicyclic) bond motifs is 3. The van der Waals surface area contributed by atoms with Crippen LogP contribution in [0.25, 0.3) is 21.9 Å². The van der Waals surface area contributed by atoms with Crippen LogP contribution >= 0.6 is 0 Å². The fourth-order valence-electron chi connectivity index (χ4n) is 2.80. The Morgan fingerprint density at radius 2 is 2.30 bits per heavy atom. The largest absolute Gasteiger partial charge is 0.356 e. The van der Waals surface area contributed by atoms with Gasteiger partial charge in [0, 0.05) is 23.4 Å². The van der Waals surface area contributed by atoms with E-state index in [9.17, 15) is 4.79 Å². The Balaban J connectivity index is 1.93. The fraction of sp³-hybridized carbons (Fsp3) is 0.214. The van der Waals surface area contributed by atoms with Gasteiger partial charge in [0.2, 0.25) is 5.91 Å². The van der Waals surface area contributed by atoms with Gasteiger partial charge in [0.05, 0.1) is 17.1 Å². The summed E-state index contributed by atoms with van der Waals surface area (Å²) in [5, 5.41) is 15.9. The molecule has 1 saturated heterocycles. The van der Waals surface area contributed by atoms with E-state index in [1.165, 1.54) is 0 Å². The zero-order valence-electron chi connectivity index (χ0n) is 10.6. The highest BCUT2D eigenvalue weighted by Gasteiger charge is 2.28. The second kappa shape index (κ2) is 3.93. The Labute approximate surface area is 113 Å². The Morgan fingerprint density at radius 1 is 1.40 bits per heavy atom. The van der Waals surface area contributed by atoms with Crippen LogP contribution in [0, 0.1) is 0 Å². The summed E-state index contributed by atoms with van der Waals surface area (Å²) in [5.41, 5.74) is 3.15. The van der Waals surface area contributed by atoms with E-state index in [0.29, 0.717) is 18.5 Å². The van der Waals surface area contributed by atoms with Gasteiger partial charge in [-0.1, -0.05) is 11.7 Å². The maximum Gasteiger partial charge on any atom is 0.224 e. The average Bonchev–Trinajstić information content (AvgIpc) is 3.03. The SMILES string of the molecule is C=C1NC(=O)CCC1c1noc2ccc3[nH]ncc3c12. The molecule has 0 aliphatic carbocycles. The number of nitrogens with one attached hydrogen (secondary N) is 2. The van der Waals surface area contributed by atoms with Gasteiger partial charge >= 0.3 is 0 Å². The molecule has 0 radical (unpaired) electrons. The van der Waals surface area contributed by atoms with Gasteiger partial charge in [-0.15, -0.1) is 0 Å². The van der Waals surface area contributed by atoms with Crippen LogP contribution in [0.15, 0.2) is 35.1 Å². The number of amides is 1. The molecule has 20 heavy (non-hydrogen) atoms. The third-order valence-corrected chi connectivity index (χ3v) is 3.80. The Kier molecular flexibility index (Phi) is 2.20. The molecular weight excluding hydrogens is 256 g/mol. The fourth-order valence-corrected chi connectivity index (χ4v) is 2.80. The molecule has 6 nitrogen and oxygen atoms in total. The number of aromatic amines is 1. The van der Waals surface area contributed by atoms with Crippen LogP contribution in [0.2, 0.25) is 0 Å². The molecule has 3 aromatic rings. The van der Waals surface area contributed by atoms with E-state index in [-0.39, 0.29) is 11.8 Å². The number of hydrogen-bond donors (Lipinski definition) is 2. The van der Waals surface area contributed by atoms with Crippen molar-refractivity contribution < 1.29 is 9.32 Å². The first kappa shape index (κ1) is 11.2.